The van der Waals surface area contributed by atoms with Crippen molar-refractivity contribution in [1.82, 2.24) is 25.2 Å². The zero-order chi connectivity index (χ0) is 39.9. The van der Waals surface area contributed by atoms with Crippen LogP contribution in [0.4, 0.5) is 0 Å². The molecule has 57 heavy (non-hydrogen) atoms. The van der Waals surface area contributed by atoms with E-state index in [4.69, 9.17) is 9.26 Å². The number of benzene rings is 2. The van der Waals surface area contributed by atoms with Crippen LogP contribution < -0.4 is 14.9 Å². The van der Waals surface area contributed by atoms with Gasteiger partial charge in [-0.25, -0.2) is 5.09 Å². The van der Waals surface area contributed by atoms with E-state index in [0.717, 1.165) is 34.9 Å². The molecule has 8 rings (SSSR count). The molecule has 4 aliphatic rings. The van der Waals surface area contributed by atoms with E-state index in [-0.39, 0.29) is 47.9 Å². The number of aromatic nitrogens is 1. The number of hydrogen-bond acceptors (Lipinski definition) is 9. The normalized spacial score (nSPS) is 25.9. The van der Waals surface area contributed by atoms with Gasteiger partial charge in [0.1, 0.15) is 23.9 Å². The smallest absolute Gasteiger partial charge is 0.323 e. The van der Waals surface area contributed by atoms with Crippen LogP contribution in [0.2, 0.25) is 0 Å². The molecule has 4 aromatic rings. The van der Waals surface area contributed by atoms with Gasteiger partial charge < -0.3 is 24.4 Å². The molecule has 2 N–H and O–H groups in total. The first-order valence-corrected chi connectivity index (χ1v) is 22.7. The average Bonchev–Trinajstić information content (AvgIpc) is 3.46. The lowest BCUT2D eigenvalue weighted by Crippen LogP contribution is -2.60. The molecule has 7 atom stereocenters. The van der Waals surface area contributed by atoms with Crippen LogP contribution in [0.1, 0.15) is 86.0 Å². The van der Waals surface area contributed by atoms with E-state index < -0.39 is 31.6 Å². The van der Waals surface area contributed by atoms with E-state index in [0.29, 0.717) is 54.5 Å². The van der Waals surface area contributed by atoms with Crippen molar-refractivity contribution in [2.24, 2.45) is 11.3 Å². The van der Waals surface area contributed by atoms with E-state index >= 15 is 0 Å². The van der Waals surface area contributed by atoms with Gasteiger partial charge in [-0.3, -0.25) is 28.7 Å². The van der Waals surface area contributed by atoms with Crippen LogP contribution in [0.3, 0.4) is 0 Å². The second-order valence-corrected chi connectivity index (χ2v) is 19.6. The largest absolute Gasteiger partial charge is 0.465 e. The first kappa shape index (κ1) is 39.3. The third-order valence-corrected chi connectivity index (χ3v) is 15.4. The number of amides is 3. The summed E-state index contributed by atoms with van der Waals surface area (Å²) in [5, 5.41) is 6.79. The van der Waals surface area contributed by atoms with Gasteiger partial charge in [0.25, 0.3) is 5.91 Å². The molecule has 0 bridgehead atoms. The Morgan fingerprint density at radius 3 is 2.61 bits per heavy atom. The van der Waals surface area contributed by atoms with Crippen molar-refractivity contribution in [2.45, 2.75) is 95.5 Å². The summed E-state index contributed by atoms with van der Waals surface area (Å²) in [6, 6.07) is 18.0. The van der Waals surface area contributed by atoms with Crippen LogP contribution in [0, 0.1) is 11.3 Å². The minimum absolute atomic E-state index is 0.000831. The minimum Gasteiger partial charge on any atom is -0.465 e. The van der Waals surface area contributed by atoms with Gasteiger partial charge in [0.05, 0.1) is 17.6 Å². The van der Waals surface area contributed by atoms with Gasteiger partial charge in [-0.05, 0) is 110 Å². The van der Waals surface area contributed by atoms with E-state index in [1.807, 2.05) is 59.3 Å². The highest BCUT2D eigenvalue weighted by Crippen LogP contribution is 2.61. The molecule has 12 nitrogen and oxygen atoms in total. The maximum atomic E-state index is 14.5. The number of para-hydroxylation sites is 1. The zero-order valence-corrected chi connectivity index (χ0v) is 34.3. The summed E-state index contributed by atoms with van der Waals surface area (Å²) in [4.78, 5) is 63.4. The van der Waals surface area contributed by atoms with Crippen LogP contribution in [-0.2, 0) is 29.8 Å². The number of fused-ring (bicyclic) bond motifs is 4. The SMILES string of the molecule is CCCOC(=O)[C@@H](C)NP(=O)(Cc1ccc2sc(C(=O)N[C@H]3CC[C@]4(C)C[C@@H]4[C@H]4CC[C@@H](C(=O)N5CC(c6cccnc6)C5)N4C3=O)cc2c1)Oc1ccccc1. The van der Waals surface area contributed by atoms with Crippen molar-refractivity contribution < 1.29 is 33.0 Å². The highest BCUT2D eigenvalue weighted by Gasteiger charge is 2.61. The molecule has 4 fully saturated rings. The molecule has 2 aromatic heterocycles. The Labute approximate surface area is 337 Å². The Bertz CT molecular complexity index is 2200. The van der Waals surface area contributed by atoms with Crippen LogP contribution in [0.25, 0.3) is 10.1 Å². The molecule has 3 aliphatic heterocycles. The zero-order valence-electron chi connectivity index (χ0n) is 32.6. The number of pyridine rings is 1. The number of carbonyl (C=O) groups is 4. The summed E-state index contributed by atoms with van der Waals surface area (Å²) in [5.74, 6) is -0.00564. The summed E-state index contributed by atoms with van der Waals surface area (Å²) >= 11 is 1.32. The molecule has 3 amide bonds. The lowest BCUT2D eigenvalue weighted by molar-refractivity contribution is -0.150. The van der Waals surface area contributed by atoms with Crippen LogP contribution in [0.15, 0.2) is 79.1 Å². The molecular weight excluding hydrogens is 762 g/mol. The maximum Gasteiger partial charge on any atom is 0.323 e. The number of carbonyl (C=O) groups excluding carboxylic acids is 4. The third kappa shape index (κ3) is 8.24. The lowest BCUT2D eigenvalue weighted by Gasteiger charge is -2.43. The van der Waals surface area contributed by atoms with E-state index in [2.05, 4.69) is 22.3 Å². The summed E-state index contributed by atoms with van der Waals surface area (Å²) < 4.78 is 26.5. The van der Waals surface area contributed by atoms with Crippen LogP contribution in [0.5, 0.6) is 5.75 Å². The van der Waals surface area contributed by atoms with Crippen molar-refractivity contribution in [3.8, 4) is 5.75 Å². The number of thiophene rings is 1. The molecule has 300 valence electrons. The molecule has 0 spiro atoms. The second-order valence-electron chi connectivity index (χ2n) is 16.4. The molecule has 1 aliphatic carbocycles. The van der Waals surface area contributed by atoms with Gasteiger partial charge in [-0.1, -0.05) is 44.2 Å². The first-order chi connectivity index (χ1) is 27.4. The Kier molecular flexibility index (Phi) is 11.0. The summed E-state index contributed by atoms with van der Waals surface area (Å²) in [7, 11) is -3.68. The van der Waals surface area contributed by atoms with Crippen molar-refractivity contribution in [2.75, 3.05) is 19.7 Å². The summed E-state index contributed by atoms with van der Waals surface area (Å²) in [5.41, 5.74) is 1.90. The Balaban J connectivity index is 0.970. The number of ether oxygens (including phenoxy) is 1. The van der Waals surface area contributed by atoms with E-state index in [1.165, 1.54) is 11.3 Å². The van der Waals surface area contributed by atoms with Gasteiger partial charge >= 0.3 is 13.5 Å². The van der Waals surface area contributed by atoms with Gasteiger partial charge in [-0.15, -0.1) is 11.3 Å². The van der Waals surface area contributed by atoms with E-state index in [9.17, 15) is 23.7 Å². The quantitative estimate of drug-likeness (QED) is 0.109. The van der Waals surface area contributed by atoms with Gasteiger partial charge in [-0.2, -0.15) is 0 Å². The molecule has 5 heterocycles. The number of nitrogens with zero attached hydrogens (tertiary/aromatic N) is 3. The fraction of sp³-hybridized carbons (Fsp3) is 0.465. The van der Waals surface area contributed by atoms with Crippen LogP contribution in [-0.4, -0.2) is 82.3 Å². The average molecular weight is 812 g/mol. The fourth-order valence-corrected chi connectivity index (χ4v) is 11.9. The van der Waals surface area contributed by atoms with Crippen molar-refractivity contribution in [3.63, 3.8) is 0 Å². The summed E-state index contributed by atoms with van der Waals surface area (Å²) in [6.45, 7) is 7.27. The highest BCUT2D eigenvalue weighted by atomic mass is 32.1. The molecule has 3 saturated heterocycles. The Morgan fingerprint density at radius 2 is 1.86 bits per heavy atom. The van der Waals surface area contributed by atoms with E-state index in [1.54, 1.807) is 43.5 Å². The molecule has 2 aromatic carbocycles. The lowest BCUT2D eigenvalue weighted by atomic mass is 9.90. The van der Waals surface area contributed by atoms with Gasteiger partial charge in [0, 0.05) is 42.1 Å². The van der Waals surface area contributed by atoms with Crippen LogP contribution >= 0.6 is 18.9 Å². The summed E-state index contributed by atoms with van der Waals surface area (Å²) in [6.07, 6.45) is 8.05. The highest BCUT2D eigenvalue weighted by molar-refractivity contribution is 7.56. The monoisotopic (exact) mass is 811 g/mol. The molecule has 0 radical (unpaired) electrons. The number of nitrogens with one attached hydrogen (secondary N) is 2. The molecule has 1 saturated carbocycles. The maximum absolute atomic E-state index is 14.5. The Hall–Kier alpha value is -4.58. The Morgan fingerprint density at radius 1 is 1.05 bits per heavy atom. The number of hydrogen-bond donors (Lipinski definition) is 2. The number of rotatable bonds is 13. The molecular formula is C43H50N5O7PS. The minimum atomic E-state index is -3.68. The second kappa shape index (κ2) is 16.0. The van der Waals surface area contributed by atoms with Crippen molar-refractivity contribution >= 4 is 52.6 Å². The molecule has 14 heteroatoms. The van der Waals surface area contributed by atoms with Gasteiger partial charge in [0.15, 0.2) is 0 Å². The fourth-order valence-electron chi connectivity index (χ4n) is 8.94. The number of esters is 1. The predicted octanol–water partition coefficient (Wildman–Crippen LogP) is 6.90. The number of likely N-dealkylation sites (tertiary alicyclic amines) is 1. The topological polar surface area (TPSA) is 147 Å². The first-order valence-electron chi connectivity index (χ1n) is 20.1. The van der Waals surface area contributed by atoms with Crippen molar-refractivity contribution in [1.29, 1.82) is 0 Å². The molecule has 1 unspecified atom stereocenters. The third-order valence-electron chi connectivity index (χ3n) is 12.2. The van der Waals surface area contributed by atoms with Crippen molar-refractivity contribution in [3.05, 3.63) is 95.1 Å². The predicted molar refractivity (Wildman–Crippen MR) is 218 cm³/mol. The standard InChI is InChI=1S/C43H50N5O7PS/c1-4-19-54-42(52)27(2)46-56(53,55-32-10-6-5-7-11-32)26-28-12-15-37-30(20-28)21-38(57-37)39(49)45-34-16-17-43(3)22-33(43)35-13-14-36(48(35)40(34)50)41(51)47-24-31(25-47)29-9-8-18-44-23-29/h5-12,15,18,20-21,23,27,31,33-36H,4,13-14,16-17,19,22,24-26H2,1-3H3,(H,45,49)(H,46,53)/t27-,33-,34+,35-,36+,43-,56?/m1/s1. The van der Waals surface area contributed by atoms with Gasteiger partial charge in [0.2, 0.25) is 11.8 Å².